The minimum absolute atomic E-state index is 0.199. The maximum atomic E-state index is 4.31. The topological polar surface area (TPSA) is 46.3 Å². The van der Waals surface area contributed by atoms with Gasteiger partial charge in [-0.25, -0.2) is 4.68 Å². The van der Waals surface area contributed by atoms with Crippen molar-refractivity contribution in [2.75, 3.05) is 11.9 Å². The fourth-order valence-corrected chi connectivity index (χ4v) is 3.06. The zero-order valence-electron chi connectivity index (χ0n) is 13.0. The first-order valence-electron chi connectivity index (χ1n) is 7.24. The summed E-state index contributed by atoms with van der Waals surface area (Å²) >= 11 is 0. The molecule has 5 nitrogen and oxygen atoms in total. The zero-order valence-corrected chi connectivity index (χ0v) is 13.0. The summed E-state index contributed by atoms with van der Waals surface area (Å²) in [5.74, 6) is 0.550. The highest BCUT2D eigenvalue weighted by Crippen LogP contribution is 2.42. The van der Waals surface area contributed by atoms with Gasteiger partial charge >= 0.3 is 0 Å². The van der Waals surface area contributed by atoms with Gasteiger partial charge in [-0.2, -0.15) is 5.10 Å². The highest BCUT2D eigenvalue weighted by molar-refractivity contribution is 5.81. The van der Waals surface area contributed by atoms with Crippen LogP contribution in [0.4, 0.5) is 5.69 Å². The lowest BCUT2D eigenvalue weighted by Gasteiger charge is -2.45. The third-order valence-corrected chi connectivity index (χ3v) is 4.40. The smallest absolute Gasteiger partial charge is 0.141 e. The van der Waals surface area contributed by atoms with E-state index in [4.69, 9.17) is 0 Å². The van der Waals surface area contributed by atoms with E-state index in [1.54, 1.807) is 17.3 Å². The number of anilines is 1. The second kappa shape index (κ2) is 4.98. The summed E-state index contributed by atoms with van der Waals surface area (Å²) < 4.78 is 1.60. The van der Waals surface area contributed by atoms with Crippen molar-refractivity contribution in [2.24, 2.45) is 5.10 Å². The van der Waals surface area contributed by atoms with Crippen LogP contribution in [-0.2, 0) is 0 Å². The van der Waals surface area contributed by atoms with Gasteiger partial charge in [0.25, 0.3) is 0 Å². The SMILES string of the molecule is C[C@H]1CC(C)(C)N(C)c2ccc(/C=N\n3cnnc3)cc21. The predicted octanol–water partition coefficient (Wildman–Crippen LogP) is 2.88. The molecule has 1 aromatic carbocycles. The van der Waals surface area contributed by atoms with Crippen molar-refractivity contribution in [1.29, 1.82) is 0 Å². The molecule has 1 aromatic heterocycles. The highest BCUT2D eigenvalue weighted by Gasteiger charge is 2.33. The summed E-state index contributed by atoms with van der Waals surface area (Å²) in [6.45, 7) is 6.90. The van der Waals surface area contributed by atoms with E-state index in [9.17, 15) is 0 Å². The van der Waals surface area contributed by atoms with Gasteiger partial charge in [-0.1, -0.05) is 13.0 Å². The van der Waals surface area contributed by atoms with Crippen LogP contribution in [0.2, 0.25) is 0 Å². The zero-order chi connectivity index (χ0) is 15.0. The van der Waals surface area contributed by atoms with E-state index in [-0.39, 0.29) is 5.54 Å². The minimum atomic E-state index is 0.199. The van der Waals surface area contributed by atoms with Crippen LogP contribution in [0.1, 0.15) is 44.2 Å². The van der Waals surface area contributed by atoms with Crippen molar-refractivity contribution in [2.45, 2.75) is 38.6 Å². The van der Waals surface area contributed by atoms with Crippen molar-refractivity contribution in [3.8, 4) is 0 Å². The molecule has 0 bridgehead atoms. The molecule has 3 rings (SSSR count). The Kier molecular flexibility index (Phi) is 3.27. The summed E-state index contributed by atoms with van der Waals surface area (Å²) in [7, 11) is 2.18. The van der Waals surface area contributed by atoms with Gasteiger partial charge in [0.1, 0.15) is 12.7 Å². The maximum absolute atomic E-state index is 4.31. The minimum Gasteiger partial charge on any atom is -0.369 e. The summed E-state index contributed by atoms with van der Waals surface area (Å²) in [6.07, 6.45) is 6.15. The average molecular weight is 283 g/mol. The quantitative estimate of drug-likeness (QED) is 0.796. The molecule has 0 saturated heterocycles. The fraction of sp³-hybridized carbons (Fsp3) is 0.438. The van der Waals surface area contributed by atoms with Gasteiger partial charge in [0.05, 0.1) is 6.21 Å². The molecule has 0 saturated carbocycles. The molecule has 1 atom stereocenters. The van der Waals surface area contributed by atoms with Crippen LogP contribution in [0.25, 0.3) is 0 Å². The third-order valence-electron chi connectivity index (χ3n) is 4.40. The van der Waals surface area contributed by atoms with Crippen LogP contribution in [0.5, 0.6) is 0 Å². The molecule has 0 fully saturated rings. The van der Waals surface area contributed by atoms with Crippen molar-refractivity contribution >= 4 is 11.9 Å². The maximum Gasteiger partial charge on any atom is 0.141 e. The molecular weight excluding hydrogens is 262 g/mol. The van der Waals surface area contributed by atoms with Crippen molar-refractivity contribution in [1.82, 2.24) is 14.9 Å². The summed E-state index contributed by atoms with van der Waals surface area (Å²) in [5.41, 5.74) is 4.01. The van der Waals surface area contributed by atoms with Crippen molar-refractivity contribution < 1.29 is 0 Å². The van der Waals surface area contributed by atoms with Crippen LogP contribution in [0.15, 0.2) is 36.0 Å². The number of nitrogens with zero attached hydrogens (tertiary/aromatic N) is 5. The number of hydrogen-bond donors (Lipinski definition) is 0. The second-order valence-corrected chi connectivity index (χ2v) is 6.38. The Morgan fingerprint density at radius 1 is 1.29 bits per heavy atom. The third kappa shape index (κ3) is 2.55. The monoisotopic (exact) mass is 283 g/mol. The Balaban J connectivity index is 1.93. The number of benzene rings is 1. The van der Waals surface area contributed by atoms with Gasteiger partial charge in [0.15, 0.2) is 0 Å². The highest BCUT2D eigenvalue weighted by atomic mass is 15.4. The normalized spacial score (nSPS) is 20.8. The van der Waals surface area contributed by atoms with Gasteiger partial charge < -0.3 is 4.90 Å². The lowest BCUT2D eigenvalue weighted by Crippen LogP contribution is -2.45. The van der Waals surface area contributed by atoms with Gasteiger partial charge in [0, 0.05) is 18.3 Å². The van der Waals surface area contributed by atoms with E-state index in [2.05, 4.69) is 66.2 Å². The Morgan fingerprint density at radius 2 is 2.00 bits per heavy atom. The molecule has 5 heteroatoms. The average Bonchev–Trinajstić information content (AvgIpc) is 2.95. The lowest BCUT2D eigenvalue weighted by atomic mass is 9.80. The number of hydrogen-bond acceptors (Lipinski definition) is 4. The Morgan fingerprint density at radius 3 is 2.71 bits per heavy atom. The fourth-order valence-electron chi connectivity index (χ4n) is 3.06. The van der Waals surface area contributed by atoms with Crippen LogP contribution in [-0.4, -0.2) is 33.7 Å². The van der Waals surface area contributed by atoms with Gasteiger partial charge in [-0.15, -0.1) is 10.2 Å². The molecular formula is C16H21N5. The van der Waals surface area contributed by atoms with E-state index in [0.717, 1.165) is 12.0 Å². The van der Waals surface area contributed by atoms with Crippen molar-refractivity contribution in [3.63, 3.8) is 0 Å². The predicted molar refractivity (Wildman–Crippen MR) is 85.0 cm³/mol. The standard InChI is InChI=1S/C16H21N5/c1-12-8-16(2,3)20(4)15-6-5-13(7-14(12)15)9-19-21-10-17-18-11-21/h5-7,9-12H,8H2,1-4H3/b19-9-/t12-/m0/s1. The van der Waals surface area contributed by atoms with Crippen molar-refractivity contribution in [3.05, 3.63) is 42.0 Å². The molecule has 0 radical (unpaired) electrons. The van der Waals surface area contributed by atoms with Gasteiger partial charge in [0.2, 0.25) is 0 Å². The number of fused-ring (bicyclic) bond motifs is 1. The van der Waals surface area contributed by atoms with Crippen LogP contribution >= 0.6 is 0 Å². The Labute approximate surface area is 125 Å². The first kappa shape index (κ1) is 13.8. The summed E-state index contributed by atoms with van der Waals surface area (Å²) in [6, 6.07) is 6.54. The Bertz CT molecular complexity index is 657. The van der Waals surface area contributed by atoms with Gasteiger partial charge in [-0.05, 0) is 49.4 Å². The molecule has 0 aliphatic carbocycles. The van der Waals surface area contributed by atoms with Gasteiger partial charge in [-0.3, -0.25) is 0 Å². The van der Waals surface area contributed by atoms with E-state index in [1.165, 1.54) is 11.3 Å². The molecule has 2 heterocycles. The van der Waals surface area contributed by atoms with E-state index < -0.39 is 0 Å². The Hall–Kier alpha value is -2.17. The van der Waals surface area contributed by atoms with Crippen LogP contribution in [0.3, 0.4) is 0 Å². The molecule has 0 unspecified atom stereocenters. The molecule has 0 spiro atoms. The van der Waals surface area contributed by atoms with Crippen LogP contribution in [0, 0.1) is 0 Å². The summed E-state index contributed by atoms with van der Waals surface area (Å²) in [4.78, 5) is 2.38. The summed E-state index contributed by atoms with van der Waals surface area (Å²) in [5, 5.41) is 11.8. The number of rotatable bonds is 2. The molecule has 2 aromatic rings. The first-order chi connectivity index (χ1) is 9.97. The lowest BCUT2D eigenvalue weighted by molar-refractivity contribution is 0.395. The second-order valence-electron chi connectivity index (χ2n) is 6.38. The molecule has 21 heavy (non-hydrogen) atoms. The molecule has 110 valence electrons. The van der Waals surface area contributed by atoms with E-state index in [1.807, 2.05) is 6.21 Å². The van der Waals surface area contributed by atoms with E-state index in [0.29, 0.717) is 5.92 Å². The molecule has 1 aliphatic rings. The molecule has 0 N–H and O–H groups in total. The molecule has 1 aliphatic heterocycles. The first-order valence-corrected chi connectivity index (χ1v) is 7.24. The molecule has 0 amide bonds. The largest absolute Gasteiger partial charge is 0.369 e. The van der Waals surface area contributed by atoms with E-state index >= 15 is 0 Å². The number of aromatic nitrogens is 3. The van der Waals surface area contributed by atoms with Crippen LogP contribution < -0.4 is 4.90 Å².